The predicted octanol–water partition coefficient (Wildman–Crippen LogP) is 5.27. The Morgan fingerprint density at radius 2 is 1.81 bits per heavy atom. The van der Waals surface area contributed by atoms with E-state index in [0.717, 1.165) is 12.2 Å². The van der Waals surface area contributed by atoms with Crippen LogP contribution in [0.25, 0.3) is 21.9 Å². The quantitative estimate of drug-likeness (QED) is 0.587. The molecule has 0 bridgehead atoms. The Morgan fingerprint density at radius 1 is 0.905 bits per heavy atom. The van der Waals surface area contributed by atoms with Crippen molar-refractivity contribution < 1.29 is 4.74 Å². The molecule has 0 aliphatic carbocycles. The highest BCUT2D eigenvalue weighted by Gasteiger charge is 2.18. The third-order valence-corrected chi connectivity index (χ3v) is 4.35. The van der Waals surface area contributed by atoms with Crippen LogP contribution >= 0.6 is 0 Å². The molecule has 3 aromatic carbocycles. The second kappa shape index (κ2) is 4.63. The van der Waals surface area contributed by atoms with Crippen LogP contribution in [0.3, 0.4) is 0 Å². The number of hydrogen-bond acceptors (Lipinski definition) is 1. The summed E-state index contributed by atoms with van der Waals surface area (Å²) >= 11 is 0. The number of aryl methyl sites for hydroxylation is 2. The van der Waals surface area contributed by atoms with Gasteiger partial charge in [0.15, 0.2) is 0 Å². The van der Waals surface area contributed by atoms with Gasteiger partial charge in [-0.05, 0) is 59.0 Å². The standard InChI is InChI=1S/C20H18O/c1-3-14-5-7-18-19-11-15-6-4-13(2)8-16(15)10-17(19)12-21-20(18)9-14/h4-11H,3,12H2,1-2H3. The summed E-state index contributed by atoms with van der Waals surface area (Å²) in [6, 6.07) is 17.8. The van der Waals surface area contributed by atoms with Gasteiger partial charge in [0.1, 0.15) is 12.4 Å². The number of benzene rings is 3. The lowest BCUT2D eigenvalue weighted by Gasteiger charge is -2.22. The summed E-state index contributed by atoms with van der Waals surface area (Å²) in [5.41, 5.74) is 6.44. The first-order valence-corrected chi connectivity index (χ1v) is 7.54. The van der Waals surface area contributed by atoms with Gasteiger partial charge in [0, 0.05) is 5.56 Å². The van der Waals surface area contributed by atoms with Gasteiger partial charge >= 0.3 is 0 Å². The zero-order chi connectivity index (χ0) is 14.4. The molecule has 0 atom stereocenters. The molecule has 104 valence electrons. The summed E-state index contributed by atoms with van der Waals surface area (Å²) in [7, 11) is 0. The highest BCUT2D eigenvalue weighted by molar-refractivity contribution is 5.91. The second-order valence-electron chi connectivity index (χ2n) is 5.83. The summed E-state index contributed by atoms with van der Waals surface area (Å²) in [4.78, 5) is 0. The van der Waals surface area contributed by atoms with Crippen LogP contribution in [-0.2, 0) is 13.0 Å². The van der Waals surface area contributed by atoms with Gasteiger partial charge < -0.3 is 4.74 Å². The molecule has 1 aliphatic rings. The molecular formula is C20H18O. The maximum Gasteiger partial charge on any atom is 0.127 e. The van der Waals surface area contributed by atoms with Crippen molar-refractivity contribution in [3.63, 3.8) is 0 Å². The summed E-state index contributed by atoms with van der Waals surface area (Å²) in [5, 5.41) is 2.60. The molecule has 1 nitrogen and oxygen atoms in total. The second-order valence-corrected chi connectivity index (χ2v) is 5.83. The van der Waals surface area contributed by atoms with Crippen molar-refractivity contribution in [2.24, 2.45) is 0 Å². The van der Waals surface area contributed by atoms with Crippen LogP contribution in [0.5, 0.6) is 5.75 Å². The monoisotopic (exact) mass is 274 g/mol. The van der Waals surface area contributed by atoms with Crippen LogP contribution in [-0.4, -0.2) is 0 Å². The minimum atomic E-state index is 0.666. The van der Waals surface area contributed by atoms with E-state index in [1.807, 2.05) is 0 Å². The molecule has 0 unspecified atom stereocenters. The molecule has 0 fully saturated rings. The largest absolute Gasteiger partial charge is 0.488 e. The first-order valence-electron chi connectivity index (χ1n) is 7.54. The highest BCUT2D eigenvalue weighted by Crippen LogP contribution is 2.40. The van der Waals surface area contributed by atoms with Gasteiger partial charge in [0.05, 0.1) is 0 Å². The Morgan fingerprint density at radius 3 is 2.67 bits per heavy atom. The molecule has 0 saturated heterocycles. The number of hydrogen-bond donors (Lipinski definition) is 0. The van der Waals surface area contributed by atoms with Crippen LogP contribution in [0.2, 0.25) is 0 Å². The third kappa shape index (κ3) is 2.01. The topological polar surface area (TPSA) is 9.23 Å². The zero-order valence-electron chi connectivity index (χ0n) is 12.4. The Bertz CT molecular complexity index is 846. The predicted molar refractivity (Wildman–Crippen MR) is 87.8 cm³/mol. The molecule has 0 N–H and O–H groups in total. The molecule has 1 aliphatic heterocycles. The van der Waals surface area contributed by atoms with Crippen molar-refractivity contribution in [2.45, 2.75) is 26.9 Å². The van der Waals surface area contributed by atoms with Crippen molar-refractivity contribution in [1.29, 1.82) is 0 Å². The van der Waals surface area contributed by atoms with E-state index in [1.165, 1.54) is 38.6 Å². The summed E-state index contributed by atoms with van der Waals surface area (Å²) in [6.07, 6.45) is 1.04. The fourth-order valence-corrected chi connectivity index (χ4v) is 3.12. The average molecular weight is 274 g/mol. The molecule has 0 amide bonds. The highest BCUT2D eigenvalue weighted by atomic mass is 16.5. The van der Waals surface area contributed by atoms with Gasteiger partial charge in [0.25, 0.3) is 0 Å². The molecule has 0 aromatic heterocycles. The Kier molecular flexibility index (Phi) is 2.75. The third-order valence-electron chi connectivity index (χ3n) is 4.35. The number of rotatable bonds is 1. The van der Waals surface area contributed by atoms with E-state index >= 15 is 0 Å². The van der Waals surface area contributed by atoms with Gasteiger partial charge in [-0.2, -0.15) is 0 Å². The minimum Gasteiger partial charge on any atom is -0.488 e. The lowest BCUT2D eigenvalue weighted by molar-refractivity contribution is 0.302. The molecule has 1 heterocycles. The molecule has 3 aromatic rings. The Labute approximate surface area is 125 Å². The number of fused-ring (bicyclic) bond motifs is 4. The van der Waals surface area contributed by atoms with Crippen molar-refractivity contribution >= 4 is 10.8 Å². The van der Waals surface area contributed by atoms with E-state index in [1.54, 1.807) is 0 Å². The van der Waals surface area contributed by atoms with Crippen LogP contribution in [0.4, 0.5) is 0 Å². The average Bonchev–Trinajstić information content (AvgIpc) is 2.52. The van der Waals surface area contributed by atoms with E-state index in [-0.39, 0.29) is 0 Å². The van der Waals surface area contributed by atoms with Gasteiger partial charge in [-0.25, -0.2) is 0 Å². The smallest absolute Gasteiger partial charge is 0.127 e. The fraction of sp³-hybridized carbons (Fsp3) is 0.200. The molecule has 0 saturated carbocycles. The lowest BCUT2D eigenvalue weighted by atomic mass is 9.92. The molecule has 21 heavy (non-hydrogen) atoms. The summed E-state index contributed by atoms with van der Waals surface area (Å²) < 4.78 is 5.97. The molecule has 0 radical (unpaired) electrons. The molecular weight excluding hydrogens is 256 g/mol. The molecule has 4 rings (SSSR count). The van der Waals surface area contributed by atoms with Gasteiger partial charge in [-0.15, -0.1) is 0 Å². The Balaban J connectivity index is 1.95. The maximum absolute atomic E-state index is 5.97. The maximum atomic E-state index is 5.97. The van der Waals surface area contributed by atoms with Crippen molar-refractivity contribution in [2.75, 3.05) is 0 Å². The van der Waals surface area contributed by atoms with Gasteiger partial charge in [0.2, 0.25) is 0 Å². The van der Waals surface area contributed by atoms with Crippen molar-refractivity contribution in [1.82, 2.24) is 0 Å². The van der Waals surface area contributed by atoms with Gasteiger partial charge in [-0.3, -0.25) is 0 Å². The van der Waals surface area contributed by atoms with E-state index in [4.69, 9.17) is 4.74 Å². The van der Waals surface area contributed by atoms with Crippen molar-refractivity contribution in [3.8, 4) is 16.9 Å². The lowest BCUT2D eigenvalue weighted by Crippen LogP contribution is -2.06. The zero-order valence-corrected chi connectivity index (χ0v) is 12.4. The summed E-state index contributed by atoms with van der Waals surface area (Å²) in [6.45, 7) is 4.98. The molecule has 0 spiro atoms. The van der Waals surface area contributed by atoms with Crippen LogP contribution < -0.4 is 4.74 Å². The normalized spacial score (nSPS) is 12.7. The minimum absolute atomic E-state index is 0.666. The Hall–Kier alpha value is -2.28. The van der Waals surface area contributed by atoms with Crippen LogP contribution in [0.15, 0.2) is 48.5 Å². The first-order chi connectivity index (χ1) is 10.2. The summed E-state index contributed by atoms with van der Waals surface area (Å²) in [5.74, 6) is 1.02. The van der Waals surface area contributed by atoms with E-state index in [9.17, 15) is 0 Å². The fourth-order valence-electron chi connectivity index (χ4n) is 3.12. The van der Waals surface area contributed by atoms with E-state index < -0.39 is 0 Å². The van der Waals surface area contributed by atoms with E-state index in [0.29, 0.717) is 6.61 Å². The van der Waals surface area contributed by atoms with Crippen molar-refractivity contribution in [3.05, 3.63) is 65.2 Å². The van der Waals surface area contributed by atoms with Crippen LogP contribution in [0, 0.1) is 6.92 Å². The SMILES string of the molecule is CCc1ccc2c(c1)OCc1cc3cc(C)ccc3cc1-2. The van der Waals surface area contributed by atoms with Crippen LogP contribution in [0.1, 0.15) is 23.6 Å². The molecule has 1 heteroatoms. The van der Waals surface area contributed by atoms with E-state index in [2.05, 4.69) is 62.4 Å². The first kappa shape index (κ1) is 12.5. The number of ether oxygens (including phenoxy) is 1. The van der Waals surface area contributed by atoms with Gasteiger partial charge in [-0.1, -0.05) is 42.8 Å².